The SMILES string of the molecule is CC[C@H](C)C(N)CSC(C)(Cc1ccccc1)C(=O)N[C@H]1CCOC1=O. The molecule has 3 N–H and O–H groups in total. The fourth-order valence-electron chi connectivity index (χ4n) is 2.87. The standard InChI is InChI=1S/C20H30N2O3S/c1-4-14(2)16(21)13-26-20(3,12-15-8-6-5-7-9-15)19(24)22-17-10-11-25-18(17)23/h5-9,14,16-17H,4,10-13,21H2,1-3H3,(H,22,24)/t14-,16?,17-,20?/m0/s1. The average molecular weight is 379 g/mol. The Kier molecular flexibility index (Phi) is 7.53. The summed E-state index contributed by atoms with van der Waals surface area (Å²) in [5, 5.41) is 2.88. The number of carbonyl (C=O) groups is 2. The molecular formula is C20H30N2O3S. The number of hydrogen-bond donors (Lipinski definition) is 2. The molecule has 1 fully saturated rings. The molecule has 6 heteroatoms. The van der Waals surface area contributed by atoms with Crippen molar-refractivity contribution < 1.29 is 14.3 Å². The number of amides is 1. The van der Waals surface area contributed by atoms with Crippen molar-refractivity contribution in [2.45, 2.75) is 56.9 Å². The van der Waals surface area contributed by atoms with Gasteiger partial charge in [-0.1, -0.05) is 50.6 Å². The number of thioether (sulfide) groups is 1. The molecule has 4 atom stereocenters. The highest BCUT2D eigenvalue weighted by Crippen LogP contribution is 2.31. The molecule has 1 aliphatic heterocycles. The van der Waals surface area contributed by atoms with Crippen molar-refractivity contribution in [1.29, 1.82) is 0 Å². The molecule has 5 nitrogen and oxygen atoms in total. The van der Waals surface area contributed by atoms with Crippen LogP contribution >= 0.6 is 11.8 Å². The predicted molar refractivity (Wildman–Crippen MR) is 106 cm³/mol. The third-order valence-corrected chi connectivity index (χ3v) is 6.59. The van der Waals surface area contributed by atoms with Crippen LogP contribution in [0.25, 0.3) is 0 Å². The first kappa shape index (κ1) is 20.8. The van der Waals surface area contributed by atoms with Crippen LogP contribution in [0, 0.1) is 5.92 Å². The zero-order valence-corrected chi connectivity index (χ0v) is 16.7. The summed E-state index contributed by atoms with van der Waals surface area (Å²) in [6, 6.07) is 9.43. The van der Waals surface area contributed by atoms with Crippen molar-refractivity contribution >= 4 is 23.6 Å². The highest BCUT2D eigenvalue weighted by molar-refractivity contribution is 8.01. The molecule has 2 rings (SSSR count). The summed E-state index contributed by atoms with van der Waals surface area (Å²) in [7, 11) is 0. The van der Waals surface area contributed by atoms with E-state index in [-0.39, 0.29) is 17.9 Å². The van der Waals surface area contributed by atoms with E-state index in [4.69, 9.17) is 10.5 Å². The van der Waals surface area contributed by atoms with Crippen molar-refractivity contribution in [3.8, 4) is 0 Å². The summed E-state index contributed by atoms with van der Waals surface area (Å²) in [5.41, 5.74) is 7.37. The second-order valence-electron chi connectivity index (χ2n) is 7.24. The monoisotopic (exact) mass is 378 g/mol. The number of nitrogens with two attached hydrogens (primary N) is 1. The lowest BCUT2D eigenvalue weighted by Crippen LogP contribution is -2.50. The van der Waals surface area contributed by atoms with Crippen molar-refractivity contribution in [2.24, 2.45) is 11.7 Å². The van der Waals surface area contributed by atoms with E-state index in [0.717, 1.165) is 12.0 Å². The van der Waals surface area contributed by atoms with Gasteiger partial charge in [-0.3, -0.25) is 4.79 Å². The Bertz CT molecular complexity index is 610. The summed E-state index contributed by atoms with van der Waals surface area (Å²) < 4.78 is 4.26. The molecule has 2 unspecified atom stereocenters. The topological polar surface area (TPSA) is 81.4 Å². The van der Waals surface area contributed by atoms with Crippen LogP contribution in [0.2, 0.25) is 0 Å². The Morgan fingerprint density at radius 2 is 2.12 bits per heavy atom. The van der Waals surface area contributed by atoms with E-state index < -0.39 is 10.8 Å². The molecule has 144 valence electrons. The summed E-state index contributed by atoms with van der Waals surface area (Å²) in [5.74, 6) is 0.616. The number of rotatable bonds is 9. The van der Waals surface area contributed by atoms with Crippen molar-refractivity contribution in [3.63, 3.8) is 0 Å². The van der Waals surface area contributed by atoms with Gasteiger partial charge in [0.2, 0.25) is 5.91 Å². The second kappa shape index (κ2) is 9.42. The molecule has 26 heavy (non-hydrogen) atoms. The molecular weight excluding hydrogens is 348 g/mol. The molecule has 0 bridgehead atoms. The predicted octanol–water partition coefficient (Wildman–Crippen LogP) is 2.53. The van der Waals surface area contributed by atoms with Crippen LogP contribution in [0.15, 0.2) is 30.3 Å². The van der Waals surface area contributed by atoms with Gasteiger partial charge in [-0.25, -0.2) is 4.79 Å². The van der Waals surface area contributed by atoms with E-state index in [1.165, 1.54) is 0 Å². The summed E-state index contributed by atoms with van der Waals surface area (Å²) in [6.45, 7) is 6.56. The van der Waals surface area contributed by atoms with E-state index in [2.05, 4.69) is 19.2 Å². The summed E-state index contributed by atoms with van der Waals surface area (Å²) >= 11 is 1.57. The highest BCUT2D eigenvalue weighted by atomic mass is 32.2. The first-order chi connectivity index (χ1) is 12.4. The number of ether oxygens (including phenoxy) is 1. The van der Waals surface area contributed by atoms with E-state index in [1.807, 2.05) is 37.3 Å². The smallest absolute Gasteiger partial charge is 0.328 e. The van der Waals surface area contributed by atoms with Crippen LogP contribution in [0.3, 0.4) is 0 Å². The van der Waals surface area contributed by atoms with Crippen LogP contribution in [-0.4, -0.2) is 41.1 Å². The molecule has 1 amide bonds. The van der Waals surface area contributed by atoms with Crippen molar-refractivity contribution in [3.05, 3.63) is 35.9 Å². The van der Waals surface area contributed by atoms with Gasteiger partial charge in [0, 0.05) is 18.2 Å². The van der Waals surface area contributed by atoms with Gasteiger partial charge in [-0.15, -0.1) is 11.8 Å². The number of nitrogens with one attached hydrogen (secondary N) is 1. The third kappa shape index (κ3) is 5.48. The Labute approximate surface area is 160 Å². The van der Waals surface area contributed by atoms with E-state index >= 15 is 0 Å². The first-order valence-corrected chi connectivity index (χ1v) is 10.3. The van der Waals surface area contributed by atoms with Gasteiger partial charge < -0.3 is 15.8 Å². The first-order valence-electron chi connectivity index (χ1n) is 9.26. The lowest BCUT2D eigenvalue weighted by atomic mass is 9.98. The van der Waals surface area contributed by atoms with Gasteiger partial charge in [0.15, 0.2) is 0 Å². The normalized spacial score (nSPS) is 21.5. The lowest BCUT2D eigenvalue weighted by Gasteiger charge is -2.31. The summed E-state index contributed by atoms with van der Waals surface area (Å²) in [4.78, 5) is 24.8. The van der Waals surface area contributed by atoms with E-state index in [1.54, 1.807) is 11.8 Å². The van der Waals surface area contributed by atoms with Crippen LogP contribution < -0.4 is 11.1 Å². The molecule has 0 saturated carbocycles. The molecule has 1 aliphatic rings. The van der Waals surface area contributed by atoms with Crippen LogP contribution in [-0.2, 0) is 20.7 Å². The molecule has 0 spiro atoms. The maximum atomic E-state index is 13.0. The maximum absolute atomic E-state index is 13.0. The van der Waals surface area contributed by atoms with Gasteiger partial charge >= 0.3 is 5.97 Å². The lowest BCUT2D eigenvalue weighted by molar-refractivity contribution is -0.141. The Hall–Kier alpha value is -1.53. The number of benzene rings is 1. The largest absolute Gasteiger partial charge is 0.464 e. The number of hydrogen-bond acceptors (Lipinski definition) is 5. The van der Waals surface area contributed by atoms with Crippen LogP contribution in [0.1, 0.15) is 39.2 Å². The van der Waals surface area contributed by atoms with Gasteiger partial charge in [-0.05, 0) is 24.8 Å². The van der Waals surface area contributed by atoms with E-state index in [9.17, 15) is 9.59 Å². The fraction of sp³-hybridized carbons (Fsp3) is 0.600. The molecule has 1 aromatic rings. The van der Waals surface area contributed by atoms with Gasteiger partial charge in [0.05, 0.1) is 11.4 Å². The maximum Gasteiger partial charge on any atom is 0.328 e. The minimum Gasteiger partial charge on any atom is -0.464 e. The van der Waals surface area contributed by atoms with Crippen molar-refractivity contribution in [1.82, 2.24) is 5.32 Å². The minimum atomic E-state index is -0.699. The zero-order chi connectivity index (χ0) is 19.2. The Morgan fingerprint density at radius 3 is 2.69 bits per heavy atom. The summed E-state index contributed by atoms with van der Waals surface area (Å²) in [6.07, 6.45) is 2.12. The highest BCUT2D eigenvalue weighted by Gasteiger charge is 2.38. The molecule has 0 aliphatic carbocycles. The molecule has 1 aromatic carbocycles. The van der Waals surface area contributed by atoms with Gasteiger partial charge in [-0.2, -0.15) is 0 Å². The quantitative estimate of drug-likeness (QED) is 0.645. The zero-order valence-electron chi connectivity index (χ0n) is 15.9. The molecule has 0 radical (unpaired) electrons. The number of esters is 1. The molecule has 0 aromatic heterocycles. The molecule has 1 saturated heterocycles. The van der Waals surface area contributed by atoms with Gasteiger partial charge in [0.1, 0.15) is 6.04 Å². The van der Waals surface area contributed by atoms with Gasteiger partial charge in [0.25, 0.3) is 0 Å². The van der Waals surface area contributed by atoms with Crippen LogP contribution in [0.5, 0.6) is 0 Å². The Morgan fingerprint density at radius 1 is 1.42 bits per heavy atom. The fourth-order valence-corrected chi connectivity index (χ4v) is 4.21. The Balaban J connectivity index is 2.11. The average Bonchev–Trinajstić information content (AvgIpc) is 3.04. The third-order valence-electron chi connectivity index (χ3n) is 5.07. The molecule has 1 heterocycles. The van der Waals surface area contributed by atoms with E-state index in [0.29, 0.717) is 31.1 Å². The minimum absolute atomic E-state index is 0.0318. The number of cyclic esters (lactones) is 1. The second-order valence-corrected chi connectivity index (χ2v) is 8.76. The number of carbonyl (C=O) groups excluding carboxylic acids is 2. The van der Waals surface area contributed by atoms with Crippen LogP contribution in [0.4, 0.5) is 0 Å². The van der Waals surface area contributed by atoms with Crippen molar-refractivity contribution in [2.75, 3.05) is 12.4 Å².